The molecule has 4 rings (SSSR count). The Labute approximate surface area is 211 Å². The SMILES string of the molecule is O=S(C1=C(Cc2ccccc2)CC(Cl)(Cl)C=C1)C1=C(Cc2ccccc2)CC(Cl)(Cl)C=C1. The van der Waals surface area contributed by atoms with Gasteiger partial charge in [0.25, 0.3) is 0 Å². The zero-order valence-electron chi connectivity index (χ0n) is 17.2. The Morgan fingerprint density at radius 1 is 0.656 bits per heavy atom. The summed E-state index contributed by atoms with van der Waals surface area (Å²) in [5, 5.41) is 0. The van der Waals surface area contributed by atoms with Crippen LogP contribution >= 0.6 is 46.4 Å². The van der Waals surface area contributed by atoms with Crippen LogP contribution in [0, 0.1) is 0 Å². The van der Waals surface area contributed by atoms with Gasteiger partial charge in [-0.3, -0.25) is 0 Å². The van der Waals surface area contributed by atoms with Gasteiger partial charge in [0.15, 0.2) is 0 Å². The molecule has 32 heavy (non-hydrogen) atoms. The molecule has 2 aromatic carbocycles. The molecule has 0 saturated heterocycles. The maximum Gasteiger partial charge on any atom is 0.140 e. The Bertz CT molecular complexity index is 1040. The van der Waals surface area contributed by atoms with E-state index in [0.29, 0.717) is 25.7 Å². The number of halogens is 4. The highest BCUT2D eigenvalue weighted by atomic mass is 35.5. The van der Waals surface area contributed by atoms with E-state index in [0.717, 1.165) is 32.1 Å². The molecule has 0 N–H and O–H groups in total. The fraction of sp³-hybridized carbons (Fsp3) is 0.231. The van der Waals surface area contributed by atoms with Crippen LogP contribution in [-0.4, -0.2) is 12.9 Å². The van der Waals surface area contributed by atoms with Crippen molar-refractivity contribution < 1.29 is 4.21 Å². The van der Waals surface area contributed by atoms with Crippen molar-refractivity contribution in [2.75, 3.05) is 0 Å². The Hall–Kier alpha value is -1.29. The van der Waals surface area contributed by atoms with Crippen molar-refractivity contribution in [2.24, 2.45) is 0 Å². The van der Waals surface area contributed by atoms with Crippen LogP contribution in [0.3, 0.4) is 0 Å². The van der Waals surface area contributed by atoms with Crippen molar-refractivity contribution in [1.82, 2.24) is 0 Å². The van der Waals surface area contributed by atoms with Gasteiger partial charge in [-0.15, -0.1) is 0 Å². The highest BCUT2D eigenvalue weighted by molar-refractivity contribution is 7.93. The summed E-state index contributed by atoms with van der Waals surface area (Å²) >= 11 is 25.8. The van der Waals surface area contributed by atoms with E-state index >= 15 is 0 Å². The quantitative estimate of drug-likeness (QED) is 0.350. The van der Waals surface area contributed by atoms with Gasteiger partial charge in [-0.1, -0.05) is 107 Å². The molecule has 0 saturated carbocycles. The van der Waals surface area contributed by atoms with Crippen molar-refractivity contribution in [3.8, 4) is 0 Å². The molecule has 0 atom stereocenters. The Kier molecular flexibility index (Phi) is 7.39. The van der Waals surface area contributed by atoms with E-state index in [1.165, 1.54) is 0 Å². The Morgan fingerprint density at radius 3 is 1.41 bits per heavy atom. The van der Waals surface area contributed by atoms with Gasteiger partial charge in [0.2, 0.25) is 0 Å². The standard InChI is InChI=1S/C26H22Cl4OS/c27-25(28)13-11-23(21(17-25)15-19-7-3-1-4-8-19)32(31)24-12-14-26(29,30)18-22(24)16-20-9-5-2-6-10-20/h1-14H,15-18H2. The van der Waals surface area contributed by atoms with E-state index in [9.17, 15) is 4.21 Å². The minimum Gasteiger partial charge on any atom is -0.249 e. The molecular formula is C26H22Cl4OS. The Morgan fingerprint density at radius 2 is 1.03 bits per heavy atom. The predicted molar refractivity (Wildman–Crippen MR) is 139 cm³/mol. The summed E-state index contributed by atoms with van der Waals surface area (Å²) in [4.78, 5) is 1.49. The third-order valence-corrected chi connectivity index (χ3v) is 8.16. The van der Waals surface area contributed by atoms with Crippen molar-refractivity contribution in [2.45, 2.75) is 34.3 Å². The molecule has 6 heteroatoms. The molecule has 1 nitrogen and oxygen atoms in total. The lowest BCUT2D eigenvalue weighted by molar-refractivity contribution is 0.689. The van der Waals surface area contributed by atoms with Crippen LogP contribution < -0.4 is 0 Å². The summed E-state index contributed by atoms with van der Waals surface area (Å²) in [7, 11) is -1.42. The van der Waals surface area contributed by atoms with Gasteiger partial charge in [-0.05, 0) is 59.4 Å². The van der Waals surface area contributed by atoms with Gasteiger partial charge >= 0.3 is 0 Å². The predicted octanol–water partition coefficient (Wildman–Crippen LogP) is 8.00. The van der Waals surface area contributed by atoms with Crippen molar-refractivity contribution in [3.63, 3.8) is 0 Å². The summed E-state index contributed by atoms with van der Waals surface area (Å²) < 4.78 is 11.9. The van der Waals surface area contributed by atoms with Crippen LogP contribution in [0.1, 0.15) is 24.0 Å². The van der Waals surface area contributed by atoms with Gasteiger partial charge in [0, 0.05) is 22.7 Å². The van der Waals surface area contributed by atoms with Gasteiger partial charge in [0.05, 0.1) is 10.8 Å². The number of rotatable bonds is 6. The molecule has 2 aliphatic carbocycles. The topological polar surface area (TPSA) is 17.1 Å². The Balaban J connectivity index is 1.74. The second-order valence-corrected chi connectivity index (χ2v) is 12.6. The molecule has 0 bridgehead atoms. The summed E-state index contributed by atoms with van der Waals surface area (Å²) in [5.74, 6) is 0. The molecule has 0 fully saturated rings. The zero-order valence-corrected chi connectivity index (χ0v) is 21.1. The summed E-state index contributed by atoms with van der Waals surface area (Å²) in [6.07, 6.45) is 9.15. The van der Waals surface area contributed by atoms with Crippen molar-refractivity contribution in [3.05, 3.63) is 117 Å². The highest BCUT2D eigenvalue weighted by Gasteiger charge is 2.33. The molecular weight excluding hydrogens is 502 g/mol. The van der Waals surface area contributed by atoms with Crippen LogP contribution in [0.2, 0.25) is 0 Å². The second kappa shape index (κ2) is 9.91. The minimum absolute atomic E-state index is 0.419. The first-order valence-electron chi connectivity index (χ1n) is 10.3. The fourth-order valence-electron chi connectivity index (χ4n) is 3.98. The molecule has 0 heterocycles. The fourth-order valence-corrected chi connectivity index (χ4v) is 6.31. The van der Waals surface area contributed by atoms with Gasteiger partial charge < -0.3 is 0 Å². The summed E-state index contributed by atoms with van der Waals surface area (Å²) in [6.45, 7) is 0. The smallest absolute Gasteiger partial charge is 0.140 e. The third-order valence-electron chi connectivity index (χ3n) is 5.47. The molecule has 0 spiro atoms. The molecule has 0 aliphatic heterocycles. The monoisotopic (exact) mass is 522 g/mol. The van der Waals surface area contributed by atoms with Gasteiger partial charge in [-0.2, -0.15) is 0 Å². The molecule has 2 aliphatic rings. The lowest BCUT2D eigenvalue weighted by Crippen LogP contribution is -2.21. The summed E-state index contributed by atoms with van der Waals surface area (Å²) in [6, 6.07) is 20.1. The number of hydrogen-bond acceptors (Lipinski definition) is 1. The van der Waals surface area contributed by atoms with E-state index in [1.54, 1.807) is 12.2 Å². The van der Waals surface area contributed by atoms with Crippen LogP contribution in [0.5, 0.6) is 0 Å². The molecule has 2 aromatic rings. The normalized spacial score (nSPS) is 19.7. The second-order valence-electron chi connectivity index (χ2n) is 8.07. The first-order chi connectivity index (χ1) is 15.2. The highest BCUT2D eigenvalue weighted by Crippen LogP contribution is 2.42. The first-order valence-corrected chi connectivity index (χ1v) is 13.0. The molecule has 0 amide bonds. The third kappa shape index (κ3) is 5.98. The summed E-state index contributed by atoms with van der Waals surface area (Å²) in [5.41, 5.74) is 4.18. The molecule has 166 valence electrons. The van der Waals surface area contributed by atoms with Crippen molar-refractivity contribution >= 4 is 57.2 Å². The maximum atomic E-state index is 13.9. The largest absolute Gasteiger partial charge is 0.249 e. The van der Waals surface area contributed by atoms with E-state index in [1.807, 2.05) is 72.8 Å². The van der Waals surface area contributed by atoms with E-state index < -0.39 is 19.5 Å². The molecule has 0 aromatic heterocycles. The van der Waals surface area contributed by atoms with E-state index in [2.05, 4.69) is 0 Å². The van der Waals surface area contributed by atoms with E-state index in [4.69, 9.17) is 46.4 Å². The van der Waals surface area contributed by atoms with Crippen LogP contribution in [0.15, 0.2) is 106 Å². The molecule has 0 unspecified atom stereocenters. The average molecular weight is 524 g/mol. The van der Waals surface area contributed by atoms with Gasteiger partial charge in [0.1, 0.15) is 8.67 Å². The van der Waals surface area contributed by atoms with Crippen LogP contribution in [0.25, 0.3) is 0 Å². The lowest BCUT2D eigenvalue weighted by Gasteiger charge is -2.28. The van der Waals surface area contributed by atoms with E-state index in [-0.39, 0.29) is 0 Å². The zero-order chi connectivity index (χ0) is 22.8. The van der Waals surface area contributed by atoms with Crippen molar-refractivity contribution in [1.29, 1.82) is 0 Å². The van der Waals surface area contributed by atoms with Gasteiger partial charge in [-0.25, -0.2) is 4.21 Å². The maximum absolute atomic E-state index is 13.9. The molecule has 0 radical (unpaired) electrons. The number of alkyl halides is 4. The number of benzene rings is 2. The lowest BCUT2D eigenvalue weighted by atomic mass is 9.96. The minimum atomic E-state index is -1.42. The number of allylic oxidation sites excluding steroid dienone is 6. The van der Waals surface area contributed by atoms with Crippen LogP contribution in [0.4, 0.5) is 0 Å². The number of hydrogen-bond donors (Lipinski definition) is 0. The average Bonchev–Trinajstić information content (AvgIpc) is 2.74. The first kappa shape index (κ1) is 23.9. The van der Waals surface area contributed by atoms with Crippen LogP contribution in [-0.2, 0) is 23.6 Å².